The fourth-order valence-electron chi connectivity index (χ4n) is 0.963. The number of aryl methyl sites for hydroxylation is 1. The molecule has 0 atom stereocenters. The van der Waals surface area contributed by atoms with Crippen LogP contribution in [0, 0.1) is 12.3 Å². The van der Waals surface area contributed by atoms with Crippen molar-refractivity contribution in [3.8, 4) is 0 Å². The zero-order chi connectivity index (χ0) is 8.97. The van der Waals surface area contributed by atoms with Gasteiger partial charge in [0.1, 0.15) is 0 Å². The Morgan fingerprint density at radius 3 is 2.77 bits per heavy atom. The Kier molecular flexibility index (Phi) is 5.58. The van der Waals surface area contributed by atoms with Crippen molar-refractivity contribution >= 4 is 29.3 Å². The zero-order valence-corrected chi connectivity index (χ0v) is 9.04. The van der Waals surface area contributed by atoms with Crippen molar-refractivity contribution in [2.75, 3.05) is 0 Å². The van der Waals surface area contributed by atoms with Crippen LogP contribution in [-0.4, -0.2) is 5.17 Å². The molecule has 0 heterocycles. The fraction of sp³-hybridized carbons (Fsp3) is 0.222. The molecule has 0 bridgehead atoms. The normalized spacial score (nSPS) is 9.00. The molecule has 4 heteroatoms. The molecule has 0 aliphatic heterocycles. The van der Waals surface area contributed by atoms with Gasteiger partial charge < -0.3 is 5.73 Å². The molecule has 0 unspecified atom stereocenters. The molecule has 3 N–H and O–H groups in total. The van der Waals surface area contributed by atoms with Gasteiger partial charge in [-0.3, -0.25) is 5.41 Å². The van der Waals surface area contributed by atoms with Crippen molar-refractivity contribution in [2.45, 2.75) is 12.7 Å². The summed E-state index contributed by atoms with van der Waals surface area (Å²) in [5, 5.41) is 7.22. The van der Waals surface area contributed by atoms with E-state index in [2.05, 4.69) is 19.1 Å². The van der Waals surface area contributed by atoms with Crippen LogP contribution in [0.4, 0.5) is 0 Å². The van der Waals surface area contributed by atoms with E-state index in [9.17, 15) is 0 Å². The van der Waals surface area contributed by atoms with Gasteiger partial charge in [0.25, 0.3) is 0 Å². The molecular formula is C9H13ClN2S. The van der Waals surface area contributed by atoms with E-state index < -0.39 is 0 Å². The maximum Gasteiger partial charge on any atom is 0.151 e. The lowest BCUT2D eigenvalue weighted by atomic mass is 10.2. The second-order valence-corrected chi connectivity index (χ2v) is 3.66. The van der Waals surface area contributed by atoms with Gasteiger partial charge in [0.2, 0.25) is 0 Å². The van der Waals surface area contributed by atoms with Gasteiger partial charge in [-0.25, -0.2) is 0 Å². The summed E-state index contributed by atoms with van der Waals surface area (Å²) in [5.41, 5.74) is 7.69. The molecule has 13 heavy (non-hydrogen) atoms. The first kappa shape index (κ1) is 12.3. The van der Waals surface area contributed by atoms with Crippen molar-refractivity contribution in [3.63, 3.8) is 0 Å². The number of nitrogens with one attached hydrogen (secondary N) is 1. The molecule has 0 radical (unpaired) electrons. The third-order valence-electron chi connectivity index (χ3n) is 1.48. The second-order valence-electron chi connectivity index (χ2n) is 2.64. The number of hydrogen-bond donors (Lipinski definition) is 2. The lowest BCUT2D eigenvalue weighted by Crippen LogP contribution is -2.03. The highest BCUT2D eigenvalue weighted by atomic mass is 35.5. The highest BCUT2D eigenvalue weighted by Crippen LogP contribution is 2.12. The van der Waals surface area contributed by atoms with Crippen LogP contribution < -0.4 is 5.73 Å². The molecule has 1 rings (SSSR count). The number of hydrogen-bond acceptors (Lipinski definition) is 2. The lowest BCUT2D eigenvalue weighted by Gasteiger charge is -2.00. The van der Waals surface area contributed by atoms with E-state index in [0.717, 1.165) is 5.75 Å². The van der Waals surface area contributed by atoms with E-state index in [1.807, 2.05) is 12.1 Å². The molecule has 0 aliphatic rings. The molecule has 72 valence electrons. The standard InChI is InChI=1S/C9H12N2S.ClH/c1-7-3-2-4-8(5-7)6-12-9(10)11;/h2-5H,6H2,1H3,(H3,10,11);1H. The van der Waals surface area contributed by atoms with Crippen LogP contribution in [0.5, 0.6) is 0 Å². The van der Waals surface area contributed by atoms with Gasteiger partial charge in [0.15, 0.2) is 5.17 Å². The Bertz CT molecular complexity index is 289. The molecule has 0 saturated carbocycles. The van der Waals surface area contributed by atoms with E-state index in [-0.39, 0.29) is 17.6 Å². The number of halogens is 1. The zero-order valence-electron chi connectivity index (χ0n) is 7.41. The Morgan fingerprint density at radius 2 is 2.23 bits per heavy atom. The SMILES string of the molecule is Cc1cccc(CSC(=N)N)c1.Cl. The van der Waals surface area contributed by atoms with Crippen LogP contribution in [0.2, 0.25) is 0 Å². The summed E-state index contributed by atoms with van der Waals surface area (Å²) < 4.78 is 0. The van der Waals surface area contributed by atoms with Crippen LogP contribution in [0.15, 0.2) is 24.3 Å². The van der Waals surface area contributed by atoms with E-state index in [1.165, 1.54) is 22.9 Å². The number of benzene rings is 1. The molecule has 0 amide bonds. The molecule has 0 aliphatic carbocycles. The van der Waals surface area contributed by atoms with E-state index in [1.54, 1.807) is 0 Å². The second kappa shape index (κ2) is 5.89. The first-order chi connectivity index (χ1) is 5.68. The third kappa shape index (κ3) is 4.80. The largest absolute Gasteiger partial charge is 0.379 e. The van der Waals surface area contributed by atoms with E-state index in [4.69, 9.17) is 11.1 Å². The van der Waals surface area contributed by atoms with Gasteiger partial charge in [0, 0.05) is 5.75 Å². The molecule has 1 aromatic carbocycles. The summed E-state index contributed by atoms with van der Waals surface area (Å²) in [6.07, 6.45) is 0. The monoisotopic (exact) mass is 216 g/mol. The average Bonchev–Trinajstić information content (AvgIpc) is 2.01. The number of rotatable bonds is 2. The Morgan fingerprint density at radius 1 is 1.54 bits per heavy atom. The molecule has 0 spiro atoms. The maximum atomic E-state index is 7.04. The Balaban J connectivity index is 0.00000144. The van der Waals surface area contributed by atoms with Crippen LogP contribution in [0.25, 0.3) is 0 Å². The summed E-state index contributed by atoms with van der Waals surface area (Å²) in [7, 11) is 0. The van der Waals surface area contributed by atoms with Crippen LogP contribution in [-0.2, 0) is 5.75 Å². The minimum Gasteiger partial charge on any atom is -0.379 e. The quantitative estimate of drug-likeness (QED) is 0.590. The molecule has 0 saturated heterocycles. The van der Waals surface area contributed by atoms with Crippen LogP contribution in [0.1, 0.15) is 11.1 Å². The van der Waals surface area contributed by atoms with Crippen molar-refractivity contribution in [2.24, 2.45) is 5.73 Å². The minimum absolute atomic E-state index is 0. The van der Waals surface area contributed by atoms with Gasteiger partial charge in [-0.2, -0.15) is 0 Å². The Hall–Kier alpha value is -0.670. The fourth-order valence-corrected chi connectivity index (χ4v) is 1.46. The highest BCUT2D eigenvalue weighted by Gasteiger charge is 1.94. The van der Waals surface area contributed by atoms with Crippen LogP contribution in [0.3, 0.4) is 0 Å². The van der Waals surface area contributed by atoms with Crippen molar-refractivity contribution in [1.82, 2.24) is 0 Å². The van der Waals surface area contributed by atoms with Crippen LogP contribution >= 0.6 is 24.2 Å². The summed E-state index contributed by atoms with van der Waals surface area (Å²) in [4.78, 5) is 0. The number of thioether (sulfide) groups is 1. The number of nitrogens with two attached hydrogens (primary N) is 1. The first-order valence-corrected chi connectivity index (χ1v) is 4.69. The first-order valence-electron chi connectivity index (χ1n) is 3.71. The summed E-state index contributed by atoms with van der Waals surface area (Å²) in [6, 6.07) is 8.23. The lowest BCUT2D eigenvalue weighted by molar-refractivity contribution is 1.36. The van der Waals surface area contributed by atoms with Gasteiger partial charge >= 0.3 is 0 Å². The molecular weight excluding hydrogens is 204 g/mol. The average molecular weight is 217 g/mol. The molecule has 1 aromatic rings. The molecule has 2 nitrogen and oxygen atoms in total. The smallest absolute Gasteiger partial charge is 0.151 e. The van der Waals surface area contributed by atoms with Crippen molar-refractivity contribution in [3.05, 3.63) is 35.4 Å². The predicted octanol–water partition coefficient (Wildman–Crippen LogP) is 2.54. The summed E-state index contributed by atoms with van der Waals surface area (Å²) >= 11 is 1.35. The van der Waals surface area contributed by atoms with E-state index in [0.29, 0.717) is 0 Å². The third-order valence-corrected chi connectivity index (χ3v) is 2.27. The van der Waals surface area contributed by atoms with Gasteiger partial charge in [-0.05, 0) is 12.5 Å². The minimum atomic E-state index is 0. The van der Waals surface area contributed by atoms with Gasteiger partial charge in [0.05, 0.1) is 0 Å². The summed E-state index contributed by atoms with van der Waals surface area (Å²) in [6.45, 7) is 2.06. The number of amidine groups is 1. The van der Waals surface area contributed by atoms with Gasteiger partial charge in [-0.15, -0.1) is 12.4 Å². The van der Waals surface area contributed by atoms with Gasteiger partial charge in [-0.1, -0.05) is 41.6 Å². The highest BCUT2D eigenvalue weighted by molar-refractivity contribution is 8.13. The van der Waals surface area contributed by atoms with E-state index >= 15 is 0 Å². The van der Waals surface area contributed by atoms with Crippen molar-refractivity contribution in [1.29, 1.82) is 5.41 Å². The topological polar surface area (TPSA) is 49.9 Å². The molecule has 0 aromatic heterocycles. The predicted molar refractivity (Wildman–Crippen MR) is 61.6 cm³/mol. The Labute approximate surface area is 88.8 Å². The summed E-state index contributed by atoms with van der Waals surface area (Å²) in [5.74, 6) is 0.789. The maximum absolute atomic E-state index is 7.04. The van der Waals surface area contributed by atoms with Crippen molar-refractivity contribution < 1.29 is 0 Å². The molecule has 0 fully saturated rings.